The minimum atomic E-state index is -2.96. The van der Waals surface area contributed by atoms with Gasteiger partial charge in [-0.2, -0.15) is 0 Å². The molecule has 3 aliphatic heterocycles. The number of thiazole rings is 1. The highest BCUT2D eigenvalue weighted by Crippen LogP contribution is 2.49. The number of benzene rings is 2. The predicted molar refractivity (Wildman–Crippen MR) is 212 cm³/mol. The molecule has 278 valence electrons. The Balaban J connectivity index is 1.20. The highest BCUT2D eigenvalue weighted by Gasteiger charge is 2.50. The zero-order valence-corrected chi connectivity index (χ0v) is 33.0. The molecule has 4 heterocycles. The number of allylic oxidation sites excluding steroid dienone is 1. The van der Waals surface area contributed by atoms with E-state index in [4.69, 9.17) is 21.1 Å². The number of anilines is 1. The summed E-state index contributed by atoms with van der Waals surface area (Å²) in [6, 6.07) is 12.0. The molecular weight excluding hydrogens is 712 g/mol. The SMILES string of the molecule is C=S1(=O)NC(=O)c2ccc3c(c2)N(C[C@@H]2CC[C@H]2[C@@](CN2CCc4ncsc4C2)(OC)/C=C/C[C@H](C)[C@H]1C)C[C@@]1(CCCc2cc(Cl)ccc21)CO3. The Kier molecular flexibility index (Phi) is 9.77. The number of carbonyl (C=O) groups is 1. The number of nitrogens with zero attached hydrogens (tertiary/aromatic N) is 3. The van der Waals surface area contributed by atoms with E-state index in [1.807, 2.05) is 37.7 Å². The highest BCUT2D eigenvalue weighted by atomic mass is 35.5. The topological polar surface area (TPSA) is 84.0 Å². The van der Waals surface area contributed by atoms with Gasteiger partial charge in [0.2, 0.25) is 0 Å². The van der Waals surface area contributed by atoms with Gasteiger partial charge >= 0.3 is 0 Å². The van der Waals surface area contributed by atoms with Crippen molar-refractivity contribution in [1.82, 2.24) is 14.6 Å². The van der Waals surface area contributed by atoms with Gasteiger partial charge in [-0.15, -0.1) is 11.3 Å². The molecule has 1 spiro atoms. The molecule has 1 saturated carbocycles. The van der Waals surface area contributed by atoms with Crippen molar-refractivity contribution in [3.8, 4) is 5.75 Å². The Bertz CT molecular complexity index is 1980. The lowest BCUT2D eigenvalue weighted by molar-refractivity contribution is -0.0931. The van der Waals surface area contributed by atoms with Crippen molar-refractivity contribution < 1.29 is 18.5 Å². The monoisotopic (exact) mass is 762 g/mol. The Labute approximate surface area is 318 Å². The van der Waals surface area contributed by atoms with Crippen LogP contribution in [0.4, 0.5) is 5.69 Å². The van der Waals surface area contributed by atoms with Crippen molar-refractivity contribution in [2.24, 2.45) is 17.8 Å². The summed E-state index contributed by atoms with van der Waals surface area (Å²) in [7, 11) is -1.08. The molecule has 1 unspecified atom stereocenters. The van der Waals surface area contributed by atoms with Gasteiger partial charge in [-0.3, -0.25) is 14.4 Å². The fraction of sp³-hybridized carbons (Fsp3) is 0.537. The maximum atomic E-state index is 14.0. The van der Waals surface area contributed by atoms with Gasteiger partial charge in [-0.25, -0.2) is 9.19 Å². The summed E-state index contributed by atoms with van der Waals surface area (Å²) >= 11 is 8.27. The molecule has 0 radical (unpaired) electrons. The van der Waals surface area contributed by atoms with Crippen molar-refractivity contribution in [2.75, 3.05) is 44.8 Å². The first-order valence-corrected chi connectivity index (χ1v) is 21.9. The molecule has 1 fully saturated rings. The van der Waals surface area contributed by atoms with Crippen LogP contribution in [-0.4, -0.2) is 76.6 Å². The van der Waals surface area contributed by atoms with Crippen LogP contribution in [0.1, 0.15) is 78.0 Å². The summed E-state index contributed by atoms with van der Waals surface area (Å²) in [4.78, 5) is 24.8. The molecular formula is C41H51ClN4O4S2. The Hall–Kier alpha value is -2.89. The Morgan fingerprint density at radius 1 is 1.19 bits per heavy atom. The van der Waals surface area contributed by atoms with E-state index < -0.39 is 15.3 Å². The van der Waals surface area contributed by atoms with Crippen LogP contribution in [0, 0.1) is 17.8 Å². The van der Waals surface area contributed by atoms with Crippen LogP contribution < -0.4 is 14.4 Å². The second-order valence-corrected chi connectivity index (χ2v) is 19.8. The highest BCUT2D eigenvalue weighted by molar-refractivity contribution is 7.99. The van der Waals surface area contributed by atoms with Gasteiger partial charge in [-0.1, -0.05) is 36.7 Å². The number of amides is 1. The van der Waals surface area contributed by atoms with Gasteiger partial charge < -0.3 is 14.4 Å². The summed E-state index contributed by atoms with van der Waals surface area (Å²) in [5.41, 5.74) is 6.46. The number of aryl methyl sites for hydroxylation is 1. The molecule has 52 heavy (non-hydrogen) atoms. The van der Waals surface area contributed by atoms with Gasteiger partial charge in [0, 0.05) is 72.4 Å². The Morgan fingerprint density at radius 3 is 2.87 bits per heavy atom. The van der Waals surface area contributed by atoms with Gasteiger partial charge in [-0.05, 0) is 111 Å². The number of methoxy groups -OCH3 is 1. The van der Waals surface area contributed by atoms with E-state index in [1.54, 1.807) is 17.4 Å². The van der Waals surface area contributed by atoms with Gasteiger partial charge in [0.15, 0.2) is 0 Å². The third kappa shape index (κ3) is 6.61. The van der Waals surface area contributed by atoms with E-state index >= 15 is 0 Å². The molecule has 2 bridgehead atoms. The largest absolute Gasteiger partial charge is 0.490 e. The zero-order valence-electron chi connectivity index (χ0n) is 30.6. The van der Waals surface area contributed by atoms with Crippen LogP contribution in [0.3, 0.4) is 0 Å². The summed E-state index contributed by atoms with van der Waals surface area (Å²) in [6.45, 7) is 8.79. The number of hydrogen-bond donors (Lipinski definition) is 1. The summed E-state index contributed by atoms with van der Waals surface area (Å²) in [5.74, 6) is 5.16. The third-order valence-corrected chi connectivity index (χ3v) is 16.3. The van der Waals surface area contributed by atoms with Crippen molar-refractivity contribution in [3.05, 3.63) is 86.3 Å². The second-order valence-electron chi connectivity index (χ2n) is 16.1. The van der Waals surface area contributed by atoms with E-state index in [9.17, 15) is 9.00 Å². The van der Waals surface area contributed by atoms with Gasteiger partial charge in [0.05, 0.1) is 33.2 Å². The maximum absolute atomic E-state index is 14.0. The first-order valence-electron chi connectivity index (χ1n) is 18.8. The molecule has 7 atom stereocenters. The van der Waals surface area contributed by atoms with Crippen molar-refractivity contribution in [1.29, 1.82) is 0 Å². The van der Waals surface area contributed by atoms with Crippen LogP contribution in [0.2, 0.25) is 5.02 Å². The minimum absolute atomic E-state index is 0.0244. The van der Waals surface area contributed by atoms with Crippen LogP contribution >= 0.6 is 22.9 Å². The van der Waals surface area contributed by atoms with E-state index in [-0.39, 0.29) is 22.5 Å². The van der Waals surface area contributed by atoms with Crippen molar-refractivity contribution >= 4 is 50.1 Å². The van der Waals surface area contributed by atoms with Crippen LogP contribution in [-0.2, 0) is 39.2 Å². The molecule has 1 aromatic heterocycles. The molecule has 8 nitrogen and oxygen atoms in total. The number of halogens is 1. The number of carbonyl (C=O) groups excluding carboxylic acids is 1. The maximum Gasteiger partial charge on any atom is 0.262 e. The smallest absolute Gasteiger partial charge is 0.262 e. The quantitative estimate of drug-likeness (QED) is 0.226. The van der Waals surface area contributed by atoms with Crippen LogP contribution in [0.15, 0.2) is 54.1 Å². The molecule has 5 aliphatic rings. The third-order valence-electron chi connectivity index (χ3n) is 13.0. The number of ether oxygens (including phenoxy) is 2. The summed E-state index contributed by atoms with van der Waals surface area (Å²) < 4.78 is 30.4. The predicted octanol–water partition coefficient (Wildman–Crippen LogP) is 7.09. The van der Waals surface area contributed by atoms with E-state index in [0.29, 0.717) is 30.4 Å². The Morgan fingerprint density at radius 2 is 2.06 bits per heavy atom. The van der Waals surface area contributed by atoms with Gasteiger partial charge in [0.1, 0.15) is 11.4 Å². The second kappa shape index (κ2) is 14.1. The number of nitrogens with one attached hydrogen (secondary N) is 1. The average molecular weight is 763 g/mol. The fourth-order valence-electron chi connectivity index (χ4n) is 9.56. The summed E-state index contributed by atoms with van der Waals surface area (Å²) in [6.07, 6.45) is 11.5. The molecule has 1 amide bonds. The molecule has 8 rings (SSSR count). The van der Waals surface area contributed by atoms with Gasteiger partial charge in [0.25, 0.3) is 5.91 Å². The van der Waals surface area contributed by atoms with Crippen molar-refractivity contribution in [3.63, 3.8) is 0 Å². The minimum Gasteiger partial charge on any atom is -0.490 e. The van der Waals surface area contributed by atoms with Crippen molar-refractivity contribution in [2.45, 2.75) is 81.6 Å². The van der Waals surface area contributed by atoms with E-state index in [2.05, 4.69) is 56.6 Å². The van der Waals surface area contributed by atoms with E-state index in [1.165, 1.54) is 21.7 Å². The van der Waals surface area contributed by atoms with Crippen LogP contribution in [0.5, 0.6) is 5.75 Å². The molecule has 2 aliphatic carbocycles. The normalized spacial score (nSPS) is 34.2. The molecule has 2 aromatic carbocycles. The molecule has 0 saturated heterocycles. The lowest BCUT2D eigenvalue weighted by atomic mass is 9.63. The fourth-order valence-corrected chi connectivity index (χ4v) is 12.1. The average Bonchev–Trinajstić information content (AvgIpc) is 3.53. The molecule has 3 aromatic rings. The number of aromatic nitrogens is 1. The van der Waals surface area contributed by atoms with E-state index in [0.717, 1.165) is 87.7 Å². The molecule has 1 N–H and O–H groups in total. The lowest BCUT2D eigenvalue weighted by Crippen LogP contribution is -2.57. The lowest BCUT2D eigenvalue weighted by Gasteiger charge is -2.52. The number of rotatable bonds is 3. The molecule has 11 heteroatoms. The van der Waals surface area contributed by atoms with Crippen LogP contribution in [0.25, 0.3) is 0 Å². The summed E-state index contributed by atoms with van der Waals surface area (Å²) in [5, 5.41) is 0.427. The number of hydrogen-bond acceptors (Lipinski definition) is 8. The zero-order chi connectivity index (χ0) is 36.3. The first kappa shape index (κ1) is 36.1. The number of fused-ring (bicyclic) bond motifs is 5. The standard InChI is InChI=1S/C41H51ClN4O4S2/c1-27-7-5-17-41(49-3,24-45-18-15-35-38(22-45)51-26-43-35)34-12-9-31(34)21-46-23-40(16-6-8-29-19-32(42)11-13-33(29)40)25-50-37-14-10-30(20-36(37)46)39(47)44-52(4,48)28(27)2/h5,10-11,13-14,17,19-20,26-28,31,34H,4,6-9,12,15-16,18,21-25H2,1-3H3,(H,44,47,48)/b17-5+/t27-,28+,31-,34+,40-,41+,52?/m0/s1. The first-order chi connectivity index (χ1) is 25.0.